The second-order valence-electron chi connectivity index (χ2n) is 4.52. The maximum atomic E-state index is 11.6. The summed E-state index contributed by atoms with van der Waals surface area (Å²) in [7, 11) is 0. The van der Waals surface area contributed by atoms with E-state index >= 15 is 0 Å². The summed E-state index contributed by atoms with van der Waals surface area (Å²) in [5, 5.41) is 3.08. The van der Waals surface area contributed by atoms with E-state index in [0.717, 1.165) is 12.8 Å². The van der Waals surface area contributed by atoms with Crippen LogP contribution in [-0.2, 0) is 9.59 Å². The Morgan fingerprint density at radius 3 is 2.41 bits per heavy atom. The van der Waals surface area contributed by atoms with Crippen LogP contribution in [0.4, 0.5) is 0 Å². The van der Waals surface area contributed by atoms with E-state index in [1.165, 1.54) is 37.4 Å². The van der Waals surface area contributed by atoms with Gasteiger partial charge in [-0.2, -0.15) is 11.8 Å². The average molecular weight is 258 g/mol. The Balaban J connectivity index is 2.08. The smallest absolute Gasteiger partial charge is 0.227 e. The Morgan fingerprint density at radius 1 is 1.18 bits per heavy atom. The van der Waals surface area contributed by atoms with Gasteiger partial charge in [-0.3, -0.25) is 9.59 Å². The lowest BCUT2D eigenvalue weighted by molar-refractivity contribution is -0.121. The molecule has 4 nitrogen and oxygen atoms in total. The number of carbonyl (C=O) groups is 2. The molecule has 1 aliphatic carbocycles. The van der Waals surface area contributed by atoms with Gasteiger partial charge in [-0.05, 0) is 12.8 Å². The maximum absolute atomic E-state index is 11.6. The Bertz CT molecular complexity index is 251. The first-order valence-corrected chi connectivity index (χ1v) is 7.49. The minimum absolute atomic E-state index is 0.105. The van der Waals surface area contributed by atoms with Crippen molar-refractivity contribution in [3.05, 3.63) is 0 Å². The van der Waals surface area contributed by atoms with Crippen molar-refractivity contribution in [2.45, 2.75) is 51.0 Å². The van der Waals surface area contributed by atoms with Crippen LogP contribution in [0.2, 0.25) is 0 Å². The topological polar surface area (TPSA) is 72.2 Å². The zero-order valence-electron chi connectivity index (χ0n) is 10.2. The molecule has 17 heavy (non-hydrogen) atoms. The number of hydrogen-bond donors (Lipinski definition) is 2. The Labute approximate surface area is 107 Å². The zero-order chi connectivity index (χ0) is 12.5. The minimum atomic E-state index is -0.320. The van der Waals surface area contributed by atoms with E-state index in [1.54, 1.807) is 0 Å². The molecule has 1 rings (SSSR count). The molecule has 0 atom stereocenters. The molecular formula is C12H22N2O2S. The summed E-state index contributed by atoms with van der Waals surface area (Å²) in [5.41, 5.74) is 5.02. The van der Waals surface area contributed by atoms with Crippen LogP contribution in [0.5, 0.6) is 0 Å². The Morgan fingerprint density at radius 2 is 1.82 bits per heavy atom. The molecule has 0 aromatic rings. The van der Waals surface area contributed by atoms with Gasteiger partial charge in [-0.15, -0.1) is 0 Å². The fourth-order valence-corrected chi connectivity index (χ4v) is 2.74. The average Bonchev–Trinajstić information content (AvgIpc) is 2.53. The first-order valence-electron chi connectivity index (χ1n) is 6.34. The highest BCUT2D eigenvalue weighted by Gasteiger charge is 2.14. The number of primary amides is 1. The lowest BCUT2D eigenvalue weighted by Gasteiger charge is -2.15. The van der Waals surface area contributed by atoms with Crippen LogP contribution in [0.25, 0.3) is 0 Å². The predicted molar refractivity (Wildman–Crippen MR) is 70.8 cm³/mol. The monoisotopic (exact) mass is 258 g/mol. The molecule has 0 aromatic heterocycles. The first-order chi connectivity index (χ1) is 8.18. The molecule has 5 heteroatoms. The molecule has 0 unspecified atom stereocenters. The summed E-state index contributed by atoms with van der Waals surface area (Å²) in [6.07, 6.45) is 7.74. The largest absolute Gasteiger partial charge is 0.369 e. The van der Waals surface area contributed by atoms with Crippen LogP contribution >= 0.6 is 11.8 Å². The summed E-state index contributed by atoms with van der Waals surface area (Å²) < 4.78 is 0. The van der Waals surface area contributed by atoms with Gasteiger partial charge in [0.1, 0.15) is 0 Å². The van der Waals surface area contributed by atoms with Gasteiger partial charge in [-0.1, -0.05) is 25.7 Å². The lowest BCUT2D eigenvalue weighted by Crippen LogP contribution is -2.34. The molecule has 0 bridgehead atoms. The van der Waals surface area contributed by atoms with Gasteiger partial charge in [0.2, 0.25) is 11.8 Å². The predicted octanol–water partition coefficient (Wildman–Crippen LogP) is 1.43. The van der Waals surface area contributed by atoms with Crippen molar-refractivity contribution in [2.24, 2.45) is 5.73 Å². The van der Waals surface area contributed by atoms with E-state index in [1.807, 2.05) is 0 Å². The van der Waals surface area contributed by atoms with E-state index in [0.29, 0.717) is 24.0 Å². The maximum Gasteiger partial charge on any atom is 0.227 e. The number of rotatable bonds is 6. The summed E-state index contributed by atoms with van der Waals surface area (Å²) in [4.78, 5) is 22.1. The molecule has 0 heterocycles. The quantitative estimate of drug-likeness (QED) is 0.559. The van der Waals surface area contributed by atoms with Gasteiger partial charge >= 0.3 is 0 Å². The number of hydrogen-bond acceptors (Lipinski definition) is 3. The van der Waals surface area contributed by atoms with Crippen LogP contribution in [0, 0.1) is 0 Å². The summed E-state index contributed by atoms with van der Waals surface area (Å²) in [6.45, 7) is 0. The first kappa shape index (κ1) is 14.4. The fourth-order valence-electron chi connectivity index (χ4n) is 2.06. The van der Waals surface area contributed by atoms with Crippen LogP contribution < -0.4 is 11.1 Å². The molecule has 98 valence electrons. The highest BCUT2D eigenvalue weighted by atomic mass is 32.2. The van der Waals surface area contributed by atoms with Crippen molar-refractivity contribution in [1.29, 1.82) is 0 Å². The van der Waals surface area contributed by atoms with Gasteiger partial charge < -0.3 is 11.1 Å². The van der Waals surface area contributed by atoms with Crippen molar-refractivity contribution in [2.75, 3.05) is 11.5 Å². The van der Waals surface area contributed by atoms with Gasteiger partial charge in [0.05, 0.1) is 5.75 Å². The SMILES string of the molecule is NC(=O)CSCCC(=O)NC1CCCCCC1. The fraction of sp³-hybridized carbons (Fsp3) is 0.833. The molecule has 0 saturated heterocycles. The van der Waals surface area contributed by atoms with Crippen LogP contribution in [0.1, 0.15) is 44.9 Å². The van der Waals surface area contributed by atoms with Crippen LogP contribution in [-0.4, -0.2) is 29.4 Å². The third-order valence-corrected chi connectivity index (χ3v) is 3.92. The highest BCUT2D eigenvalue weighted by molar-refractivity contribution is 7.99. The van der Waals surface area contributed by atoms with E-state index in [9.17, 15) is 9.59 Å². The molecule has 1 aliphatic rings. The Kier molecular flexibility index (Phi) is 7.08. The molecule has 0 aromatic carbocycles. The normalized spacial score (nSPS) is 17.4. The Hall–Kier alpha value is -0.710. The van der Waals surface area contributed by atoms with Gasteiger partial charge in [0.25, 0.3) is 0 Å². The summed E-state index contributed by atoms with van der Waals surface area (Å²) in [6, 6.07) is 0.367. The number of thioether (sulfide) groups is 1. The standard InChI is InChI=1S/C12H22N2O2S/c13-11(15)9-17-8-7-12(16)14-10-5-3-1-2-4-6-10/h10H,1-9H2,(H2,13,15)(H,14,16). The second kappa shape index (κ2) is 8.39. The summed E-state index contributed by atoms with van der Waals surface area (Å²) in [5.74, 6) is 0.756. The number of carbonyl (C=O) groups excluding carboxylic acids is 2. The van der Waals surface area contributed by atoms with Gasteiger partial charge in [-0.25, -0.2) is 0 Å². The van der Waals surface area contributed by atoms with Crippen molar-refractivity contribution in [3.63, 3.8) is 0 Å². The second-order valence-corrected chi connectivity index (χ2v) is 5.63. The van der Waals surface area contributed by atoms with Crippen LogP contribution in [0.3, 0.4) is 0 Å². The van der Waals surface area contributed by atoms with Crippen molar-refractivity contribution < 1.29 is 9.59 Å². The molecule has 0 radical (unpaired) electrons. The molecule has 0 spiro atoms. The summed E-state index contributed by atoms with van der Waals surface area (Å²) >= 11 is 1.42. The number of nitrogens with two attached hydrogens (primary N) is 1. The molecule has 0 aliphatic heterocycles. The van der Waals surface area contributed by atoms with Gasteiger partial charge in [0, 0.05) is 18.2 Å². The minimum Gasteiger partial charge on any atom is -0.369 e. The van der Waals surface area contributed by atoms with Crippen molar-refractivity contribution >= 4 is 23.6 Å². The van der Waals surface area contributed by atoms with Crippen molar-refractivity contribution in [1.82, 2.24) is 5.32 Å². The van der Waals surface area contributed by atoms with Crippen molar-refractivity contribution in [3.8, 4) is 0 Å². The number of nitrogens with one attached hydrogen (secondary N) is 1. The third kappa shape index (κ3) is 7.26. The molecule has 1 fully saturated rings. The molecular weight excluding hydrogens is 236 g/mol. The molecule has 3 N–H and O–H groups in total. The lowest BCUT2D eigenvalue weighted by atomic mass is 10.1. The van der Waals surface area contributed by atoms with Crippen LogP contribution in [0.15, 0.2) is 0 Å². The highest BCUT2D eigenvalue weighted by Crippen LogP contribution is 2.17. The van der Waals surface area contributed by atoms with E-state index < -0.39 is 0 Å². The molecule has 2 amide bonds. The number of amides is 2. The van der Waals surface area contributed by atoms with E-state index in [2.05, 4.69) is 5.32 Å². The third-order valence-electron chi connectivity index (χ3n) is 2.94. The van der Waals surface area contributed by atoms with Gasteiger partial charge in [0.15, 0.2) is 0 Å². The molecule has 1 saturated carbocycles. The van der Waals surface area contributed by atoms with E-state index in [-0.39, 0.29) is 11.8 Å². The van der Waals surface area contributed by atoms with E-state index in [4.69, 9.17) is 5.73 Å². The zero-order valence-corrected chi connectivity index (χ0v) is 11.1.